The Labute approximate surface area is 88.8 Å². The highest BCUT2D eigenvalue weighted by molar-refractivity contribution is 7.98. The van der Waals surface area contributed by atoms with E-state index < -0.39 is 6.36 Å². The molecule has 0 unspecified atom stereocenters. The molecule has 0 aliphatic carbocycles. The van der Waals surface area contributed by atoms with Crippen LogP contribution >= 0.6 is 11.8 Å². The largest absolute Gasteiger partial charge is 0.573 e. The summed E-state index contributed by atoms with van der Waals surface area (Å²) in [4.78, 5) is 0.364. The van der Waals surface area contributed by atoms with Crippen LogP contribution < -0.4 is 16.0 Å². The number of nitrogens with one attached hydrogen (secondary N) is 1. The molecule has 0 amide bonds. The Balaban J connectivity index is 3.11. The van der Waals surface area contributed by atoms with E-state index in [1.807, 2.05) is 0 Å². The van der Waals surface area contributed by atoms with Gasteiger partial charge in [0.15, 0.2) is 5.75 Å². The molecule has 3 N–H and O–H groups in total. The van der Waals surface area contributed by atoms with Gasteiger partial charge in [-0.2, -0.15) is 0 Å². The minimum atomic E-state index is -4.72. The summed E-state index contributed by atoms with van der Waals surface area (Å²) >= 11 is 1.15. The lowest BCUT2D eigenvalue weighted by molar-refractivity contribution is -0.275. The molecule has 15 heavy (non-hydrogen) atoms. The number of para-hydroxylation sites is 1. The van der Waals surface area contributed by atoms with Crippen molar-refractivity contribution in [3.05, 3.63) is 18.2 Å². The Morgan fingerprint density at radius 1 is 1.40 bits per heavy atom. The number of alkyl halides is 3. The molecular formula is C8H9F3N2OS. The lowest BCUT2D eigenvalue weighted by Crippen LogP contribution is -2.19. The predicted molar refractivity (Wildman–Crippen MR) is 52.7 cm³/mol. The van der Waals surface area contributed by atoms with Crippen LogP contribution in [0.25, 0.3) is 0 Å². The van der Waals surface area contributed by atoms with Crippen LogP contribution in [0.2, 0.25) is 0 Å². The van der Waals surface area contributed by atoms with Crippen molar-refractivity contribution >= 4 is 17.4 Å². The van der Waals surface area contributed by atoms with E-state index in [-0.39, 0.29) is 11.4 Å². The van der Waals surface area contributed by atoms with Crippen molar-refractivity contribution < 1.29 is 17.9 Å². The Hall–Kier alpha value is -1.08. The highest BCUT2D eigenvalue weighted by Crippen LogP contribution is 2.37. The number of benzene rings is 1. The van der Waals surface area contributed by atoms with E-state index in [0.717, 1.165) is 11.8 Å². The molecule has 0 atom stereocenters. The molecule has 0 aliphatic rings. The van der Waals surface area contributed by atoms with Gasteiger partial charge in [-0.3, -0.25) is 5.84 Å². The summed E-state index contributed by atoms with van der Waals surface area (Å²) in [5.74, 6) is 4.78. The summed E-state index contributed by atoms with van der Waals surface area (Å²) < 4.78 is 40.1. The molecule has 0 aromatic heterocycles. The number of thioether (sulfide) groups is 1. The lowest BCUT2D eigenvalue weighted by Gasteiger charge is -2.15. The van der Waals surface area contributed by atoms with Crippen molar-refractivity contribution in [3.8, 4) is 5.75 Å². The highest BCUT2D eigenvalue weighted by Gasteiger charge is 2.33. The van der Waals surface area contributed by atoms with Crippen LogP contribution in [0.15, 0.2) is 23.1 Å². The summed E-state index contributed by atoms with van der Waals surface area (Å²) in [5, 5.41) is 0. The first-order valence-corrected chi connectivity index (χ1v) is 5.10. The maximum atomic E-state index is 12.1. The van der Waals surface area contributed by atoms with Crippen LogP contribution in [0, 0.1) is 0 Å². The molecule has 1 aromatic rings. The van der Waals surface area contributed by atoms with Gasteiger partial charge in [-0.25, -0.2) is 0 Å². The fourth-order valence-corrected chi connectivity index (χ4v) is 1.56. The normalized spacial score (nSPS) is 11.3. The van der Waals surface area contributed by atoms with Gasteiger partial charge in [0.1, 0.15) is 0 Å². The maximum absolute atomic E-state index is 12.1. The standard InChI is InChI=1S/C8H9F3N2OS/c1-15-6-4-2-3-5(13-12)7(6)14-8(9,10)11/h2-4,13H,12H2,1H3. The van der Waals surface area contributed by atoms with Gasteiger partial charge in [0.05, 0.1) is 10.6 Å². The van der Waals surface area contributed by atoms with Gasteiger partial charge >= 0.3 is 6.36 Å². The monoisotopic (exact) mass is 238 g/mol. The Bertz CT molecular complexity index is 321. The molecule has 0 aliphatic heterocycles. The van der Waals surface area contributed by atoms with E-state index in [4.69, 9.17) is 5.84 Å². The first-order valence-electron chi connectivity index (χ1n) is 3.87. The number of hydrogen-bond donors (Lipinski definition) is 2. The molecule has 0 heterocycles. The molecule has 1 aromatic carbocycles. The Kier molecular flexibility index (Phi) is 3.70. The van der Waals surface area contributed by atoms with E-state index in [2.05, 4.69) is 10.2 Å². The first kappa shape index (κ1) is 12.0. The second-order valence-corrected chi connectivity index (χ2v) is 3.38. The summed E-state index contributed by atoms with van der Waals surface area (Å²) in [5.41, 5.74) is 2.25. The molecule has 0 spiro atoms. The fourth-order valence-electron chi connectivity index (χ4n) is 1.01. The van der Waals surface area contributed by atoms with Crippen molar-refractivity contribution in [2.75, 3.05) is 11.7 Å². The van der Waals surface area contributed by atoms with E-state index in [0.29, 0.717) is 4.90 Å². The second-order valence-electron chi connectivity index (χ2n) is 2.53. The number of rotatable bonds is 3. The van der Waals surface area contributed by atoms with Gasteiger partial charge in [-0.1, -0.05) is 6.07 Å². The molecule has 3 nitrogen and oxygen atoms in total. The van der Waals surface area contributed by atoms with E-state index >= 15 is 0 Å². The summed E-state index contributed by atoms with van der Waals surface area (Å²) in [7, 11) is 0. The first-order chi connectivity index (χ1) is 6.98. The van der Waals surface area contributed by atoms with Gasteiger partial charge in [-0.15, -0.1) is 24.9 Å². The molecular weight excluding hydrogens is 229 g/mol. The minimum absolute atomic E-state index is 0.0965. The summed E-state index contributed by atoms with van der Waals surface area (Å²) in [6.07, 6.45) is -3.07. The molecule has 0 saturated heterocycles. The van der Waals surface area contributed by atoms with E-state index in [1.54, 1.807) is 12.3 Å². The van der Waals surface area contributed by atoms with Crippen molar-refractivity contribution in [3.63, 3.8) is 0 Å². The van der Waals surface area contributed by atoms with Crippen LogP contribution in [-0.2, 0) is 0 Å². The second kappa shape index (κ2) is 4.63. The zero-order chi connectivity index (χ0) is 11.5. The number of ether oxygens (including phenoxy) is 1. The molecule has 0 saturated carbocycles. The summed E-state index contributed by atoms with van der Waals surface area (Å²) in [6, 6.07) is 4.51. The van der Waals surface area contributed by atoms with Crippen LogP contribution in [0.5, 0.6) is 5.75 Å². The SMILES string of the molecule is CSc1cccc(NN)c1OC(F)(F)F. The number of nitrogens with two attached hydrogens (primary N) is 1. The van der Waals surface area contributed by atoms with Crippen molar-refractivity contribution in [2.24, 2.45) is 5.84 Å². The third-order valence-corrected chi connectivity index (χ3v) is 2.33. The third-order valence-electron chi connectivity index (χ3n) is 1.57. The molecule has 7 heteroatoms. The highest BCUT2D eigenvalue weighted by atomic mass is 32.2. The van der Waals surface area contributed by atoms with Crippen LogP contribution in [0.1, 0.15) is 0 Å². The third kappa shape index (κ3) is 3.21. The van der Waals surface area contributed by atoms with Crippen molar-refractivity contribution in [1.82, 2.24) is 0 Å². The van der Waals surface area contributed by atoms with E-state index in [1.165, 1.54) is 12.1 Å². The number of anilines is 1. The zero-order valence-corrected chi connectivity index (χ0v) is 8.58. The topological polar surface area (TPSA) is 47.3 Å². The van der Waals surface area contributed by atoms with Crippen LogP contribution in [-0.4, -0.2) is 12.6 Å². The number of halogens is 3. The fraction of sp³-hybridized carbons (Fsp3) is 0.250. The van der Waals surface area contributed by atoms with Crippen LogP contribution in [0.3, 0.4) is 0 Å². The predicted octanol–water partition coefficient (Wildman–Crippen LogP) is 2.59. The number of hydrazine groups is 1. The van der Waals surface area contributed by atoms with Crippen molar-refractivity contribution in [1.29, 1.82) is 0 Å². The smallest absolute Gasteiger partial charge is 0.402 e. The van der Waals surface area contributed by atoms with Gasteiger partial charge in [0.2, 0.25) is 0 Å². The quantitative estimate of drug-likeness (QED) is 0.482. The van der Waals surface area contributed by atoms with Gasteiger partial charge < -0.3 is 10.2 Å². The number of nitrogen functional groups attached to an aromatic ring is 1. The molecule has 84 valence electrons. The molecule has 0 fully saturated rings. The zero-order valence-electron chi connectivity index (χ0n) is 7.76. The van der Waals surface area contributed by atoms with Gasteiger partial charge in [0, 0.05) is 0 Å². The average Bonchev–Trinajstić information content (AvgIpc) is 2.16. The lowest BCUT2D eigenvalue weighted by atomic mass is 10.3. The maximum Gasteiger partial charge on any atom is 0.573 e. The van der Waals surface area contributed by atoms with Crippen molar-refractivity contribution in [2.45, 2.75) is 11.3 Å². The Morgan fingerprint density at radius 3 is 2.53 bits per heavy atom. The average molecular weight is 238 g/mol. The minimum Gasteiger partial charge on any atom is -0.402 e. The molecule has 0 bridgehead atoms. The number of hydrogen-bond acceptors (Lipinski definition) is 4. The molecule has 0 radical (unpaired) electrons. The van der Waals surface area contributed by atoms with Crippen LogP contribution in [0.4, 0.5) is 18.9 Å². The van der Waals surface area contributed by atoms with Gasteiger partial charge in [-0.05, 0) is 18.4 Å². The van der Waals surface area contributed by atoms with Gasteiger partial charge in [0.25, 0.3) is 0 Å². The van der Waals surface area contributed by atoms with E-state index in [9.17, 15) is 13.2 Å². The Morgan fingerprint density at radius 2 is 2.07 bits per heavy atom. The molecule has 1 rings (SSSR count). The summed E-state index contributed by atoms with van der Waals surface area (Å²) in [6.45, 7) is 0.